The summed E-state index contributed by atoms with van der Waals surface area (Å²) in [6.07, 6.45) is 1.09. The van der Waals surface area contributed by atoms with Gasteiger partial charge in [0, 0.05) is 25.7 Å². The number of nitrogens with one attached hydrogen (secondary N) is 1. The Hall–Kier alpha value is -1.55. The van der Waals surface area contributed by atoms with Crippen molar-refractivity contribution in [3.05, 3.63) is 29.8 Å². The third-order valence-corrected chi connectivity index (χ3v) is 3.40. The molecule has 1 fully saturated rings. The van der Waals surface area contributed by atoms with Crippen LogP contribution in [0.25, 0.3) is 0 Å². The Morgan fingerprint density at radius 3 is 3.00 bits per heavy atom. The van der Waals surface area contributed by atoms with Crippen molar-refractivity contribution < 1.29 is 9.53 Å². The number of rotatable bonds is 3. The molecule has 1 aliphatic rings. The first kappa shape index (κ1) is 12.9. The summed E-state index contributed by atoms with van der Waals surface area (Å²) in [6.45, 7) is 4.98. The van der Waals surface area contributed by atoms with Crippen molar-refractivity contribution in [1.29, 1.82) is 0 Å². The Balaban J connectivity index is 2.24. The number of ether oxygens (including phenoxy) is 1. The first-order chi connectivity index (χ1) is 8.76. The van der Waals surface area contributed by atoms with Crippen LogP contribution in [-0.2, 0) is 4.74 Å². The second-order valence-electron chi connectivity index (χ2n) is 4.51. The van der Waals surface area contributed by atoms with Gasteiger partial charge >= 0.3 is 5.97 Å². The molecule has 18 heavy (non-hydrogen) atoms. The van der Waals surface area contributed by atoms with Gasteiger partial charge in [0.25, 0.3) is 0 Å². The minimum Gasteiger partial charge on any atom is -0.465 e. The van der Waals surface area contributed by atoms with E-state index in [0.29, 0.717) is 11.6 Å². The van der Waals surface area contributed by atoms with Crippen LogP contribution in [0.5, 0.6) is 0 Å². The van der Waals surface area contributed by atoms with Gasteiger partial charge in [0.1, 0.15) is 0 Å². The second-order valence-corrected chi connectivity index (χ2v) is 4.51. The van der Waals surface area contributed by atoms with Gasteiger partial charge in [-0.05, 0) is 18.6 Å². The zero-order valence-electron chi connectivity index (χ0n) is 11.0. The number of carbonyl (C=O) groups is 1. The molecule has 0 radical (unpaired) electrons. The molecular weight excluding hydrogens is 228 g/mol. The average Bonchev–Trinajstić information content (AvgIpc) is 2.46. The van der Waals surface area contributed by atoms with E-state index in [1.165, 1.54) is 7.11 Å². The molecule has 1 atom stereocenters. The topological polar surface area (TPSA) is 41.6 Å². The monoisotopic (exact) mass is 248 g/mol. The molecular formula is C14H20N2O2. The minimum atomic E-state index is -0.266. The van der Waals surface area contributed by atoms with Crippen molar-refractivity contribution in [2.24, 2.45) is 0 Å². The van der Waals surface area contributed by atoms with E-state index in [-0.39, 0.29) is 5.97 Å². The first-order valence-electron chi connectivity index (χ1n) is 6.42. The van der Waals surface area contributed by atoms with Crippen molar-refractivity contribution in [3.8, 4) is 0 Å². The van der Waals surface area contributed by atoms with Gasteiger partial charge < -0.3 is 15.0 Å². The summed E-state index contributed by atoms with van der Waals surface area (Å²) in [6, 6.07) is 8.14. The second kappa shape index (κ2) is 5.87. The molecule has 0 bridgehead atoms. The highest BCUT2D eigenvalue weighted by Crippen LogP contribution is 2.22. The van der Waals surface area contributed by atoms with Crippen molar-refractivity contribution in [2.75, 3.05) is 31.6 Å². The Morgan fingerprint density at radius 1 is 1.50 bits per heavy atom. The summed E-state index contributed by atoms with van der Waals surface area (Å²) in [5.41, 5.74) is 1.63. The number of hydrogen-bond acceptors (Lipinski definition) is 4. The predicted molar refractivity (Wildman–Crippen MR) is 72.1 cm³/mol. The van der Waals surface area contributed by atoms with Crippen LogP contribution in [0, 0.1) is 0 Å². The Labute approximate surface area is 108 Å². The third kappa shape index (κ3) is 2.64. The van der Waals surface area contributed by atoms with Crippen LogP contribution in [0.4, 0.5) is 5.69 Å². The van der Waals surface area contributed by atoms with Gasteiger partial charge in [0.05, 0.1) is 18.4 Å². The van der Waals surface area contributed by atoms with Gasteiger partial charge in [0.15, 0.2) is 0 Å². The van der Waals surface area contributed by atoms with Gasteiger partial charge in [-0.25, -0.2) is 4.79 Å². The molecule has 0 amide bonds. The van der Waals surface area contributed by atoms with Gasteiger partial charge in [0.2, 0.25) is 0 Å². The van der Waals surface area contributed by atoms with E-state index in [0.717, 1.165) is 31.7 Å². The summed E-state index contributed by atoms with van der Waals surface area (Å²) in [5, 5.41) is 3.47. The van der Waals surface area contributed by atoms with Crippen LogP contribution < -0.4 is 10.2 Å². The number of anilines is 1. The lowest BCUT2D eigenvalue weighted by atomic mass is 10.1. The maximum Gasteiger partial charge on any atom is 0.339 e. The Morgan fingerprint density at radius 2 is 2.28 bits per heavy atom. The molecule has 1 saturated heterocycles. The smallest absolute Gasteiger partial charge is 0.339 e. The predicted octanol–water partition coefficient (Wildman–Crippen LogP) is 1.66. The van der Waals surface area contributed by atoms with Crippen LogP contribution in [0.15, 0.2) is 24.3 Å². The molecule has 0 saturated carbocycles. The van der Waals surface area contributed by atoms with Crippen LogP contribution in [0.1, 0.15) is 23.7 Å². The molecule has 1 aromatic carbocycles. The zero-order chi connectivity index (χ0) is 13.0. The minimum absolute atomic E-state index is 0.266. The number of para-hydroxylation sites is 1. The molecule has 0 aliphatic carbocycles. The fraction of sp³-hybridized carbons (Fsp3) is 0.500. The first-order valence-corrected chi connectivity index (χ1v) is 6.42. The lowest BCUT2D eigenvalue weighted by Crippen LogP contribution is -2.50. The summed E-state index contributed by atoms with van der Waals surface area (Å²) < 4.78 is 4.84. The Bertz CT molecular complexity index is 420. The molecule has 0 aromatic heterocycles. The molecule has 1 aromatic rings. The van der Waals surface area contributed by atoms with Gasteiger partial charge in [-0.2, -0.15) is 0 Å². The highest BCUT2D eigenvalue weighted by atomic mass is 16.5. The highest BCUT2D eigenvalue weighted by molar-refractivity contribution is 5.95. The zero-order valence-corrected chi connectivity index (χ0v) is 11.0. The van der Waals surface area contributed by atoms with E-state index in [1.807, 2.05) is 24.3 Å². The number of nitrogens with zero attached hydrogens (tertiary/aromatic N) is 1. The number of hydrogen-bond donors (Lipinski definition) is 1. The maximum atomic E-state index is 11.8. The van der Waals surface area contributed by atoms with E-state index < -0.39 is 0 Å². The van der Waals surface area contributed by atoms with E-state index in [2.05, 4.69) is 17.1 Å². The number of methoxy groups -OCH3 is 1. The lowest BCUT2D eigenvalue weighted by Gasteiger charge is -2.35. The van der Waals surface area contributed by atoms with Crippen LogP contribution in [0.3, 0.4) is 0 Å². The largest absolute Gasteiger partial charge is 0.465 e. The number of benzene rings is 1. The molecule has 0 unspecified atom stereocenters. The van der Waals surface area contributed by atoms with Crippen LogP contribution in [-0.4, -0.2) is 38.8 Å². The van der Waals surface area contributed by atoms with E-state index >= 15 is 0 Å². The molecule has 1 aliphatic heterocycles. The Kier molecular flexibility index (Phi) is 4.20. The molecule has 98 valence electrons. The summed E-state index contributed by atoms with van der Waals surface area (Å²) in [7, 11) is 1.42. The quantitative estimate of drug-likeness (QED) is 0.826. The summed E-state index contributed by atoms with van der Waals surface area (Å²) >= 11 is 0. The van der Waals surface area contributed by atoms with E-state index in [9.17, 15) is 4.79 Å². The van der Waals surface area contributed by atoms with Gasteiger partial charge in [-0.1, -0.05) is 19.1 Å². The van der Waals surface area contributed by atoms with Crippen molar-refractivity contribution in [2.45, 2.75) is 19.4 Å². The SMILES string of the molecule is CC[C@H]1CN(c2ccccc2C(=O)OC)CCN1. The number of piperazine rings is 1. The third-order valence-electron chi connectivity index (χ3n) is 3.40. The van der Waals surface area contributed by atoms with Crippen molar-refractivity contribution in [3.63, 3.8) is 0 Å². The molecule has 1 N–H and O–H groups in total. The fourth-order valence-corrected chi connectivity index (χ4v) is 2.35. The fourth-order valence-electron chi connectivity index (χ4n) is 2.35. The van der Waals surface area contributed by atoms with Crippen molar-refractivity contribution in [1.82, 2.24) is 5.32 Å². The summed E-state index contributed by atoms with van der Waals surface area (Å²) in [5.74, 6) is -0.266. The van der Waals surface area contributed by atoms with E-state index in [1.54, 1.807) is 0 Å². The van der Waals surface area contributed by atoms with Gasteiger partial charge in [-0.15, -0.1) is 0 Å². The standard InChI is InChI=1S/C14H20N2O2/c1-3-11-10-16(9-8-15-11)13-7-5-4-6-12(13)14(17)18-2/h4-7,11,15H,3,8-10H2,1-2H3/t11-/m0/s1. The maximum absolute atomic E-state index is 11.8. The molecule has 4 nitrogen and oxygen atoms in total. The van der Waals surface area contributed by atoms with Crippen LogP contribution in [0.2, 0.25) is 0 Å². The van der Waals surface area contributed by atoms with E-state index in [4.69, 9.17) is 4.74 Å². The number of esters is 1. The summed E-state index contributed by atoms with van der Waals surface area (Å²) in [4.78, 5) is 14.0. The van der Waals surface area contributed by atoms with Gasteiger partial charge in [-0.3, -0.25) is 0 Å². The molecule has 2 rings (SSSR count). The molecule has 1 heterocycles. The highest BCUT2D eigenvalue weighted by Gasteiger charge is 2.22. The normalized spacial score (nSPS) is 19.7. The van der Waals surface area contributed by atoms with Crippen molar-refractivity contribution >= 4 is 11.7 Å². The average molecular weight is 248 g/mol. The van der Waals surface area contributed by atoms with Crippen LogP contribution >= 0.6 is 0 Å². The molecule has 0 spiro atoms. The lowest BCUT2D eigenvalue weighted by molar-refractivity contribution is 0.0601. The number of carbonyl (C=O) groups excluding carboxylic acids is 1. The molecule has 4 heteroatoms.